The summed E-state index contributed by atoms with van der Waals surface area (Å²) in [4.78, 5) is 24.9. The van der Waals surface area contributed by atoms with Crippen LogP contribution in [0.3, 0.4) is 0 Å². The number of ketones is 1. The molecule has 0 spiro atoms. The van der Waals surface area contributed by atoms with E-state index in [2.05, 4.69) is 31.2 Å². The second-order valence-corrected chi connectivity index (χ2v) is 7.74. The highest BCUT2D eigenvalue weighted by Gasteiger charge is 2.27. The molecule has 1 aromatic carbocycles. The van der Waals surface area contributed by atoms with E-state index in [1.165, 1.54) is 0 Å². The Morgan fingerprint density at radius 1 is 1.20 bits per heavy atom. The van der Waals surface area contributed by atoms with E-state index in [4.69, 9.17) is 0 Å². The molecule has 5 nitrogen and oxygen atoms in total. The number of Topliss-reactive ketones (excluding diaryl/α,β-unsaturated/α-hetero) is 1. The van der Waals surface area contributed by atoms with Crippen molar-refractivity contribution in [2.75, 3.05) is 0 Å². The van der Waals surface area contributed by atoms with Gasteiger partial charge in [0.25, 0.3) is 5.91 Å². The molecule has 0 saturated heterocycles. The van der Waals surface area contributed by atoms with Gasteiger partial charge in [0.05, 0.1) is 12.2 Å². The maximum atomic E-state index is 12.5. The molecule has 2 aromatic rings. The van der Waals surface area contributed by atoms with Crippen LogP contribution in [0.1, 0.15) is 66.8 Å². The van der Waals surface area contributed by atoms with Gasteiger partial charge in [-0.15, -0.1) is 0 Å². The number of amides is 1. The van der Waals surface area contributed by atoms with Crippen LogP contribution in [0, 0.1) is 0 Å². The first-order valence-electron chi connectivity index (χ1n) is 8.74. The third kappa shape index (κ3) is 3.50. The molecule has 1 atom stereocenters. The molecule has 0 aliphatic heterocycles. The van der Waals surface area contributed by atoms with Crippen LogP contribution in [0.5, 0.6) is 0 Å². The summed E-state index contributed by atoms with van der Waals surface area (Å²) in [5.74, 6) is -1.04. The standard InChI is InChI=1S/C20H25N3O2/c1-20(2,3)14-10-8-13(9-11-14)18(24)19(25)22-16-6-5-7-17-15(16)12-21-23(17)4/h8-12,16H,5-7H2,1-4H3,(H,22,25). The summed E-state index contributed by atoms with van der Waals surface area (Å²) in [7, 11) is 1.91. The van der Waals surface area contributed by atoms with E-state index < -0.39 is 11.7 Å². The molecular formula is C20H25N3O2. The summed E-state index contributed by atoms with van der Waals surface area (Å²) in [6.45, 7) is 6.35. The van der Waals surface area contributed by atoms with Gasteiger partial charge in [-0.2, -0.15) is 5.10 Å². The largest absolute Gasteiger partial charge is 0.342 e. The van der Waals surface area contributed by atoms with Gasteiger partial charge >= 0.3 is 0 Å². The van der Waals surface area contributed by atoms with Gasteiger partial charge in [-0.1, -0.05) is 45.0 Å². The Bertz CT molecular complexity index is 797. The molecule has 5 heteroatoms. The van der Waals surface area contributed by atoms with E-state index in [1.807, 2.05) is 23.9 Å². The van der Waals surface area contributed by atoms with E-state index in [0.717, 1.165) is 36.1 Å². The van der Waals surface area contributed by atoms with Crippen molar-refractivity contribution in [3.05, 3.63) is 52.8 Å². The fraction of sp³-hybridized carbons (Fsp3) is 0.450. The van der Waals surface area contributed by atoms with E-state index in [9.17, 15) is 9.59 Å². The zero-order valence-electron chi connectivity index (χ0n) is 15.3. The number of aromatic nitrogens is 2. The maximum Gasteiger partial charge on any atom is 0.292 e. The Balaban J connectivity index is 1.73. The minimum Gasteiger partial charge on any atom is -0.342 e. The Morgan fingerprint density at radius 2 is 1.88 bits per heavy atom. The molecule has 0 saturated carbocycles. The molecule has 1 amide bonds. The summed E-state index contributed by atoms with van der Waals surface area (Å²) in [6, 6.07) is 7.17. The Labute approximate surface area is 148 Å². The minimum atomic E-state index is -0.551. The number of nitrogens with zero attached hydrogens (tertiary/aromatic N) is 2. The third-order valence-corrected chi connectivity index (χ3v) is 4.90. The second kappa shape index (κ2) is 6.47. The molecule has 1 aliphatic carbocycles. The van der Waals surface area contributed by atoms with E-state index in [-0.39, 0.29) is 11.5 Å². The summed E-state index contributed by atoms with van der Waals surface area (Å²) < 4.78 is 1.85. The van der Waals surface area contributed by atoms with Crippen molar-refractivity contribution in [3.8, 4) is 0 Å². The highest BCUT2D eigenvalue weighted by Crippen LogP contribution is 2.29. The maximum absolute atomic E-state index is 12.5. The molecule has 132 valence electrons. The Kier molecular flexibility index (Phi) is 4.50. The molecule has 1 aromatic heterocycles. The molecular weight excluding hydrogens is 314 g/mol. The molecule has 25 heavy (non-hydrogen) atoms. The third-order valence-electron chi connectivity index (χ3n) is 4.90. The zero-order chi connectivity index (χ0) is 18.2. The van der Waals surface area contributed by atoms with Gasteiger partial charge < -0.3 is 5.32 Å². The first-order chi connectivity index (χ1) is 11.8. The number of aryl methyl sites for hydroxylation is 1. The van der Waals surface area contributed by atoms with Crippen molar-refractivity contribution in [2.45, 2.75) is 51.5 Å². The summed E-state index contributed by atoms with van der Waals surface area (Å²) in [5.41, 5.74) is 3.74. The number of carbonyl (C=O) groups is 2. The van der Waals surface area contributed by atoms with Crippen LogP contribution in [0.15, 0.2) is 30.5 Å². The number of nitrogens with one attached hydrogen (secondary N) is 1. The van der Waals surface area contributed by atoms with E-state index in [0.29, 0.717) is 5.56 Å². The summed E-state index contributed by atoms with van der Waals surface area (Å²) in [6.07, 6.45) is 4.56. The van der Waals surface area contributed by atoms with Gasteiger partial charge in [-0.3, -0.25) is 14.3 Å². The number of fused-ring (bicyclic) bond motifs is 1. The average molecular weight is 339 g/mol. The number of hydrogen-bond donors (Lipinski definition) is 1. The molecule has 3 rings (SSSR count). The molecule has 1 aliphatic rings. The van der Waals surface area contributed by atoms with Crippen LogP contribution >= 0.6 is 0 Å². The Hall–Kier alpha value is -2.43. The van der Waals surface area contributed by atoms with E-state index >= 15 is 0 Å². The van der Waals surface area contributed by atoms with Crippen molar-refractivity contribution >= 4 is 11.7 Å². The van der Waals surface area contributed by atoms with Crippen LogP contribution < -0.4 is 5.32 Å². The van der Waals surface area contributed by atoms with Crippen LogP contribution in [0.25, 0.3) is 0 Å². The molecule has 1 unspecified atom stereocenters. The monoisotopic (exact) mass is 339 g/mol. The number of carbonyl (C=O) groups excluding carboxylic acids is 2. The molecule has 1 heterocycles. The van der Waals surface area contributed by atoms with Gasteiger partial charge in [0.1, 0.15) is 0 Å². The second-order valence-electron chi connectivity index (χ2n) is 7.74. The predicted molar refractivity (Wildman–Crippen MR) is 96.5 cm³/mol. The van der Waals surface area contributed by atoms with Gasteiger partial charge in [-0.05, 0) is 30.2 Å². The Morgan fingerprint density at radius 3 is 2.52 bits per heavy atom. The first-order valence-corrected chi connectivity index (χ1v) is 8.74. The normalized spacial score (nSPS) is 17.0. The van der Waals surface area contributed by atoms with Crippen LogP contribution in [0.2, 0.25) is 0 Å². The first kappa shape index (κ1) is 17.4. The lowest BCUT2D eigenvalue weighted by Crippen LogP contribution is -2.36. The topological polar surface area (TPSA) is 64.0 Å². The van der Waals surface area contributed by atoms with Crippen LogP contribution in [0.4, 0.5) is 0 Å². The number of hydrogen-bond acceptors (Lipinski definition) is 3. The van der Waals surface area contributed by atoms with Crippen molar-refractivity contribution in [3.63, 3.8) is 0 Å². The number of rotatable bonds is 3. The molecule has 0 radical (unpaired) electrons. The molecule has 0 bridgehead atoms. The lowest BCUT2D eigenvalue weighted by Gasteiger charge is -2.23. The van der Waals surface area contributed by atoms with Crippen LogP contribution in [-0.2, 0) is 23.7 Å². The minimum absolute atomic E-state index is 0.0165. The van der Waals surface area contributed by atoms with Crippen molar-refractivity contribution in [1.29, 1.82) is 0 Å². The van der Waals surface area contributed by atoms with E-state index in [1.54, 1.807) is 18.3 Å². The lowest BCUT2D eigenvalue weighted by molar-refractivity contribution is -0.117. The summed E-state index contributed by atoms with van der Waals surface area (Å²) in [5, 5.41) is 7.16. The van der Waals surface area contributed by atoms with Crippen molar-refractivity contribution < 1.29 is 9.59 Å². The highest BCUT2D eigenvalue weighted by molar-refractivity contribution is 6.42. The quantitative estimate of drug-likeness (QED) is 0.690. The highest BCUT2D eigenvalue weighted by atomic mass is 16.2. The fourth-order valence-corrected chi connectivity index (χ4v) is 3.33. The molecule has 1 N–H and O–H groups in total. The summed E-state index contributed by atoms with van der Waals surface area (Å²) >= 11 is 0. The van der Waals surface area contributed by atoms with Crippen LogP contribution in [-0.4, -0.2) is 21.5 Å². The van der Waals surface area contributed by atoms with Crippen molar-refractivity contribution in [1.82, 2.24) is 15.1 Å². The van der Waals surface area contributed by atoms with Gasteiger partial charge in [0, 0.05) is 23.9 Å². The smallest absolute Gasteiger partial charge is 0.292 e. The predicted octanol–water partition coefficient (Wildman–Crippen LogP) is 3.09. The van der Waals surface area contributed by atoms with Crippen molar-refractivity contribution in [2.24, 2.45) is 7.05 Å². The average Bonchev–Trinajstić information content (AvgIpc) is 2.96. The van der Waals surface area contributed by atoms with Gasteiger partial charge in [-0.25, -0.2) is 0 Å². The number of benzene rings is 1. The van der Waals surface area contributed by atoms with Gasteiger partial charge in [0.2, 0.25) is 5.78 Å². The SMILES string of the molecule is Cn1ncc2c1CCCC2NC(=O)C(=O)c1ccc(C(C)(C)C)cc1. The van der Waals surface area contributed by atoms with Gasteiger partial charge in [0.15, 0.2) is 0 Å². The zero-order valence-corrected chi connectivity index (χ0v) is 15.3. The molecule has 0 fully saturated rings. The fourth-order valence-electron chi connectivity index (χ4n) is 3.33. The lowest BCUT2D eigenvalue weighted by atomic mass is 9.86.